The van der Waals surface area contributed by atoms with E-state index in [0.717, 1.165) is 29.8 Å². The van der Waals surface area contributed by atoms with Crippen molar-refractivity contribution in [1.29, 1.82) is 0 Å². The third kappa shape index (κ3) is 4.88. The van der Waals surface area contributed by atoms with Gasteiger partial charge in [-0.25, -0.2) is 4.98 Å². The molecular weight excluding hydrogens is 405 g/mol. The van der Waals surface area contributed by atoms with E-state index in [-0.39, 0.29) is 24.0 Å². The molecule has 2 aromatic rings. The monoisotopic (exact) mass is 431 g/mol. The van der Waals surface area contributed by atoms with Gasteiger partial charge in [0.2, 0.25) is 5.95 Å². The van der Waals surface area contributed by atoms with Gasteiger partial charge in [-0.1, -0.05) is 0 Å². The Morgan fingerprint density at radius 3 is 2.65 bits per heavy atom. The van der Waals surface area contributed by atoms with E-state index >= 15 is 0 Å². The van der Waals surface area contributed by atoms with Crippen molar-refractivity contribution in [3.05, 3.63) is 35.9 Å². The average Bonchev–Trinajstić information content (AvgIpc) is 3.10. The highest BCUT2D eigenvalue weighted by atomic mass is 127. The molecule has 0 radical (unpaired) electrons. The third-order valence-electron chi connectivity index (χ3n) is 3.53. The molecular formula is C15H26IN7. The lowest BCUT2D eigenvalue weighted by molar-refractivity contribution is 0.469. The van der Waals surface area contributed by atoms with Crippen LogP contribution in [-0.2, 0) is 20.1 Å². The summed E-state index contributed by atoms with van der Waals surface area (Å²) in [5.74, 6) is 1.79. The second-order valence-electron chi connectivity index (χ2n) is 5.46. The molecule has 0 saturated heterocycles. The lowest BCUT2D eigenvalue weighted by Crippen LogP contribution is -2.38. The van der Waals surface area contributed by atoms with Crippen LogP contribution >= 0.6 is 24.0 Å². The third-order valence-corrected chi connectivity index (χ3v) is 3.53. The summed E-state index contributed by atoms with van der Waals surface area (Å²) in [6.45, 7) is 1.46. The molecule has 0 fully saturated rings. The van der Waals surface area contributed by atoms with E-state index in [1.807, 2.05) is 51.6 Å². The van der Waals surface area contributed by atoms with Gasteiger partial charge in [0, 0.05) is 47.1 Å². The first-order valence-electron chi connectivity index (χ1n) is 7.25. The lowest BCUT2D eigenvalue weighted by Gasteiger charge is -2.21. The van der Waals surface area contributed by atoms with E-state index in [2.05, 4.69) is 35.8 Å². The maximum atomic E-state index is 4.42. The second kappa shape index (κ2) is 8.80. The molecule has 0 saturated carbocycles. The van der Waals surface area contributed by atoms with Crippen LogP contribution in [0.4, 0.5) is 5.95 Å². The molecule has 23 heavy (non-hydrogen) atoms. The Kier molecular flexibility index (Phi) is 7.40. The number of rotatable bonds is 5. The summed E-state index contributed by atoms with van der Waals surface area (Å²) < 4.78 is 2.07. The van der Waals surface area contributed by atoms with Crippen molar-refractivity contribution < 1.29 is 0 Å². The molecule has 0 atom stereocenters. The number of hydrogen-bond donors (Lipinski definition) is 2. The molecule has 0 aliphatic heterocycles. The highest BCUT2D eigenvalue weighted by molar-refractivity contribution is 14.0. The number of aromatic nitrogens is 3. The predicted octanol–water partition coefficient (Wildman–Crippen LogP) is 1.64. The van der Waals surface area contributed by atoms with Crippen LogP contribution in [0, 0.1) is 0 Å². The number of nitrogens with zero attached hydrogens (tertiary/aromatic N) is 5. The Morgan fingerprint density at radius 1 is 1.39 bits per heavy atom. The summed E-state index contributed by atoms with van der Waals surface area (Å²) in [6, 6.07) is 4.06. The number of H-pyrrole nitrogens is 1. The van der Waals surface area contributed by atoms with Crippen LogP contribution < -0.4 is 10.2 Å². The van der Waals surface area contributed by atoms with E-state index in [4.69, 9.17) is 0 Å². The molecule has 7 nitrogen and oxygen atoms in total. The number of halogens is 1. The van der Waals surface area contributed by atoms with Gasteiger partial charge in [0.05, 0.1) is 25.0 Å². The van der Waals surface area contributed by atoms with E-state index in [0.29, 0.717) is 6.54 Å². The molecule has 0 bridgehead atoms. The highest BCUT2D eigenvalue weighted by Crippen LogP contribution is 2.10. The first-order chi connectivity index (χ1) is 10.5. The van der Waals surface area contributed by atoms with Crippen molar-refractivity contribution in [2.75, 3.05) is 33.1 Å². The quantitative estimate of drug-likeness (QED) is 0.429. The standard InChI is InChI=1S/C15H25N7.HI/c1-16-14(21(4)11-12-7-6-8-17-12)18-9-13-10-19-15(20(2)3)22(13)5;/h6-8,10,17H,9,11H2,1-5H3,(H,16,18);1H. The minimum atomic E-state index is 0. The topological polar surface area (TPSA) is 64.5 Å². The number of anilines is 1. The Labute approximate surface area is 154 Å². The van der Waals surface area contributed by atoms with Crippen LogP contribution in [0.1, 0.15) is 11.4 Å². The van der Waals surface area contributed by atoms with Gasteiger partial charge in [0.15, 0.2) is 5.96 Å². The first kappa shape index (κ1) is 19.3. The van der Waals surface area contributed by atoms with Crippen LogP contribution in [0.3, 0.4) is 0 Å². The molecule has 0 aliphatic carbocycles. The van der Waals surface area contributed by atoms with Crippen LogP contribution in [0.25, 0.3) is 0 Å². The average molecular weight is 431 g/mol. The van der Waals surface area contributed by atoms with Gasteiger partial charge in [0.25, 0.3) is 0 Å². The fourth-order valence-electron chi connectivity index (χ4n) is 2.36. The van der Waals surface area contributed by atoms with Crippen molar-refractivity contribution >= 4 is 35.9 Å². The van der Waals surface area contributed by atoms with Gasteiger partial charge in [-0.05, 0) is 12.1 Å². The zero-order valence-corrected chi connectivity index (χ0v) is 16.7. The maximum absolute atomic E-state index is 4.42. The van der Waals surface area contributed by atoms with Gasteiger partial charge < -0.3 is 24.7 Å². The number of hydrogen-bond acceptors (Lipinski definition) is 3. The number of nitrogens with one attached hydrogen (secondary N) is 2. The van der Waals surface area contributed by atoms with Gasteiger partial charge in [-0.3, -0.25) is 4.99 Å². The number of aliphatic imine (C=N–C) groups is 1. The molecule has 128 valence electrons. The van der Waals surface area contributed by atoms with Crippen LogP contribution in [0.2, 0.25) is 0 Å². The van der Waals surface area contributed by atoms with Gasteiger partial charge in [-0.15, -0.1) is 24.0 Å². The molecule has 2 aromatic heterocycles. The molecule has 0 spiro atoms. The Bertz CT molecular complexity index is 616. The van der Waals surface area contributed by atoms with E-state index < -0.39 is 0 Å². The fraction of sp³-hybridized carbons (Fsp3) is 0.467. The summed E-state index contributed by atoms with van der Waals surface area (Å²) in [4.78, 5) is 16.0. The number of imidazole rings is 1. The molecule has 0 unspecified atom stereocenters. The van der Waals surface area contributed by atoms with Crippen molar-refractivity contribution in [2.24, 2.45) is 12.0 Å². The van der Waals surface area contributed by atoms with Crippen molar-refractivity contribution in [3.8, 4) is 0 Å². The van der Waals surface area contributed by atoms with Gasteiger partial charge in [-0.2, -0.15) is 0 Å². The van der Waals surface area contributed by atoms with Crippen molar-refractivity contribution in [3.63, 3.8) is 0 Å². The largest absolute Gasteiger partial charge is 0.364 e. The molecule has 0 aliphatic rings. The first-order valence-corrected chi connectivity index (χ1v) is 7.25. The molecule has 8 heteroatoms. The highest BCUT2D eigenvalue weighted by Gasteiger charge is 2.11. The van der Waals surface area contributed by atoms with Crippen molar-refractivity contribution in [1.82, 2.24) is 24.8 Å². The second-order valence-corrected chi connectivity index (χ2v) is 5.46. The minimum Gasteiger partial charge on any atom is -0.364 e. The lowest BCUT2D eigenvalue weighted by atomic mass is 10.4. The van der Waals surface area contributed by atoms with Gasteiger partial charge >= 0.3 is 0 Å². The van der Waals surface area contributed by atoms with E-state index in [1.54, 1.807) is 7.05 Å². The van der Waals surface area contributed by atoms with E-state index in [9.17, 15) is 0 Å². The molecule has 2 heterocycles. The Hall–Kier alpha value is -1.71. The van der Waals surface area contributed by atoms with Crippen LogP contribution in [0.5, 0.6) is 0 Å². The van der Waals surface area contributed by atoms with Gasteiger partial charge in [0.1, 0.15) is 0 Å². The smallest absolute Gasteiger partial charge is 0.204 e. The molecule has 2 rings (SSSR count). The number of guanidine groups is 1. The summed E-state index contributed by atoms with van der Waals surface area (Å²) in [6.07, 6.45) is 3.82. The molecule has 0 aromatic carbocycles. The summed E-state index contributed by atoms with van der Waals surface area (Å²) in [7, 11) is 9.81. The van der Waals surface area contributed by atoms with Crippen molar-refractivity contribution in [2.45, 2.75) is 13.1 Å². The summed E-state index contributed by atoms with van der Waals surface area (Å²) in [5.41, 5.74) is 2.26. The fourth-order valence-corrected chi connectivity index (χ4v) is 2.36. The molecule has 2 N–H and O–H groups in total. The minimum absolute atomic E-state index is 0. The summed E-state index contributed by atoms with van der Waals surface area (Å²) in [5, 5.41) is 3.37. The number of aromatic amines is 1. The SMILES string of the molecule is CN=C(NCc1cnc(N(C)C)n1C)N(C)Cc1ccc[nH]1.I. The zero-order valence-electron chi connectivity index (χ0n) is 14.4. The molecule has 0 amide bonds. The Morgan fingerprint density at radius 2 is 2.13 bits per heavy atom. The maximum Gasteiger partial charge on any atom is 0.204 e. The zero-order chi connectivity index (χ0) is 16.1. The van der Waals surface area contributed by atoms with Crippen LogP contribution in [-0.4, -0.2) is 53.6 Å². The van der Waals surface area contributed by atoms with E-state index in [1.165, 1.54) is 0 Å². The summed E-state index contributed by atoms with van der Waals surface area (Å²) >= 11 is 0. The predicted molar refractivity (Wildman–Crippen MR) is 105 cm³/mol. The normalized spacial score (nSPS) is 11.1. The van der Waals surface area contributed by atoms with Crippen LogP contribution in [0.15, 0.2) is 29.5 Å². The Balaban J connectivity index is 0.00000264.